The maximum Gasteiger partial charge on any atom is 0.449 e. The lowest BCUT2D eigenvalue weighted by Gasteiger charge is -2.43. The molecule has 4 aromatic rings. The summed E-state index contributed by atoms with van der Waals surface area (Å²) < 4.78 is 96.1. The lowest BCUT2D eigenvalue weighted by molar-refractivity contribution is -0.155. The molecule has 2 fully saturated rings. The molecule has 0 spiro atoms. The summed E-state index contributed by atoms with van der Waals surface area (Å²) in [4.78, 5) is 50.1. The number of alkyl carbamates (subject to hydrolysis) is 1. The highest BCUT2D eigenvalue weighted by Crippen LogP contribution is 2.46. The van der Waals surface area contributed by atoms with Crippen molar-refractivity contribution in [3.05, 3.63) is 40.2 Å². The van der Waals surface area contributed by atoms with E-state index in [0.717, 1.165) is 13.3 Å². The number of nitrogens with one attached hydrogen (secondary N) is 2. The number of carbonyl (C=O) groups excluding carboxylic acids is 2. The molecule has 4 N–H and O–H groups in total. The molecule has 17 heteroatoms. The zero-order chi connectivity index (χ0) is 35.1. The summed E-state index contributed by atoms with van der Waals surface area (Å²) in [5, 5.41) is 5.28. The van der Waals surface area contributed by atoms with E-state index in [-0.39, 0.29) is 58.7 Å². The molecule has 13 nitrogen and oxygen atoms in total. The number of rotatable bonds is 6. The molecular weight excluding hydrogens is 590 g/mol. The molecule has 0 radical (unpaired) electrons. The first kappa shape index (κ1) is 24.7. The fraction of sp³-hybridized carbons (Fsp3) is 0.481. The number of nitrogens with zero attached hydrogens (tertiary/aromatic N) is 6. The maximum atomic E-state index is 14.2. The predicted octanol–water partition coefficient (Wildman–Crippen LogP) is 3.31. The van der Waals surface area contributed by atoms with Crippen molar-refractivity contribution >= 4 is 45.8 Å². The van der Waals surface area contributed by atoms with E-state index in [9.17, 15) is 31.9 Å². The molecule has 0 aromatic carbocycles. The van der Waals surface area contributed by atoms with Crippen molar-refractivity contribution in [3.8, 4) is 0 Å². The number of fused-ring (bicyclic) bond motifs is 2. The van der Waals surface area contributed by atoms with Gasteiger partial charge in [-0.15, -0.1) is 0 Å². The van der Waals surface area contributed by atoms with Gasteiger partial charge in [-0.3, -0.25) is 18.5 Å². The van der Waals surface area contributed by atoms with Gasteiger partial charge in [0.25, 0.3) is 0 Å². The number of primary amides is 1. The number of hydrogen-bond acceptors (Lipinski definition) is 8. The van der Waals surface area contributed by atoms with Crippen LogP contribution in [-0.4, -0.2) is 60.0 Å². The molecular formula is C27H29F4N9O4. The van der Waals surface area contributed by atoms with Crippen LogP contribution in [0.15, 0.2) is 23.1 Å². The summed E-state index contributed by atoms with van der Waals surface area (Å²) in [6.07, 6.45) is -7.21. The number of imidazole rings is 2. The first-order valence-corrected chi connectivity index (χ1v) is 13.5. The standard InChI is InChI=1S/C27H29F4N9O4/c1-12-6-19(36-21-20(12)37-23(27(29,30)31)40(21)26(22(32)41)9-13(28)10-26)35-18-8-16-17(11-33-18)38(2)25(43)39(16)15-5-4-14(7-15)34-24(42)44-3/h6,8,11,13-15H,4-5,7,9-10H2,1-3H3,(H2,32,41)(H,34,42)(H,33,35,36)/t13?,14-,15-,26?/m1/s1/i2D3,14D. The van der Waals surface area contributed by atoms with Crippen molar-refractivity contribution in [2.45, 2.75) is 69.0 Å². The topological polar surface area (TPSA) is 164 Å². The van der Waals surface area contributed by atoms with Crippen molar-refractivity contribution in [3.63, 3.8) is 0 Å². The number of anilines is 2. The number of alkyl halides is 4. The molecule has 4 heterocycles. The minimum atomic E-state index is -5.04. The van der Waals surface area contributed by atoms with Gasteiger partial charge >= 0.3 is 18.0 Å². The molecule has 0 bridgehead atoms. The number of ether oxygens (including phenoxy) is 1. The third-order valence-corrected chi connectivity index (χ3v) is 8.17. The van der Waals surface area contributed by atoms with Crippen LogP contribution in [0, 0.1) is 6.92 Å². The van der Waals surface area contributed by atoms with Crippen LogP contribution < -0.4 is 22.1 Å². The third kappa shape index (κ3) is 4.61. The molecule has 2 aliphatic carbocycles. The Kier molecular flexibility index (Phi) is 5.73. The number of amides is 2. The van der Waals surface area contributed by atoms with Gasteiger partial charge in [-0.05, 0) is 37.8 Å². The molecule has 2 aliphatic rings. The van der Waals surface area contributed by atoms with Crippen molar-refractivity contribution in [2.24, 2.45) is 12.7 Å². The fourth-order valence-electron chi connectivity index (χ4n) is 6.05. The number of methoxy groups -OCH3 is 1. The lowest BCUT2D eigenvalue weighted by Crippen LogP contribution is -2.57. The summed E-state index contributed by atoms with van der Waals surface area (Å²) in [6.45, 7) is -1.45. The molecule has 2 amide bonds. The van der Waals surface area contributed by atoms with Gasteiger partial charge in [-0.25, -0.2) is 28.9 Å². The highest BCUT2D eigenvalue weighted by Gasteiger charge is 2.56. The molecule has 234 valence electrons. The van der Waals surface area contributed by atoms with Gasteiger partial charge in [0.1, 0.15) is 28.9 Å². The zero-order valence-corrected chi connectivity index (χ0v) is 23.3. The van der Waals surface area contributed by atoms with Crippen molar-refractivity contribution in [1.82, 2.24) is 34.0 Å². The highest BCUT2D eigenvalue weighted by atomic mass is 19.4. The van der Waals surface area contributed by atoms with E-state index in [2.05, 4.69) is 30.3 Å². The van der Waals surface area contributed by atoms with E-state index in [1.54, 1.807) is 0 Å². The van der Waals surface area contributed by atoms with Gasteiger partial charge in [0, 0.05) is 42.1 Å². The van der Waals surface area contributed by atoms with Gasteiger partial charge < -0.3 is 21.1 Å². The van der Waals surface area contributed by atoms with Crippen LogP contribution in [0.4, 0.5) is 34.0 Å². The van der Waals surface area contributed by atoms with Gasteiger partial charge in [0.05, 0.1) is 25.7 Å². The zero-order valence-electron chi connectivity index (χ0n) is 27.3. The molecule has 4 aromatic heterocycles. The number of carbonyl (C=O) groups is 2. The Morgan fingerprint density at radius 1 is 1.20 bits per heavy atom. The Balaban J connectivity index is 1.46. The molecule has 2 saturated carbocycles. The van der Waals surface area contributed by atoms with Crippen molar-refractivity contribution < 1.29 is 37.4 Å². The van der Waals surface area contributed by atoms with Crippen LogP contribution in [0.5, 0.6) is 0 Å². The average molecular weight is 624 g/mol. The molecule has 6 rings (SSSR count). The number of aryl methyl sites for hydroxylation is 2. The highest BCUT2D eigenvalue weighted by molar-refractivity contribution is 5.88. The minimum absolute atomic E-state index is 0.00667. The predicted molar refractivity (Wildman–Crippen MR) is 149 cm³/mol. The molecule has 44 heavy (non-hydrogen) atoms. The van der Waals surface area contributed by atoms with Crippen LogP contribution in [0.25, 0.3) is 22.2 Å². The summed E-state index contributed by atoms with van der Waals surface area (Å²) in [7, 11) is 1.14. The molecule has 0 saturated heterocycles. The van der Waals surface area contributed by atoms with Crippen LogP contribution >= 0.6 is 0 Å². The van der Waals surface area contributed by atoms with Crippen molar-refractivity contribution in [2.75, 3.05) is 12.4 Å². The monoisotopic (exact) mass is 623 g/mol. The summed E-state index contributed by atoms with van der Waals surface area (Å²) in [5.74, 6) is -2.69. The summed E-state index contributed by atoms with van der Waals surface area (Å²) >= 11 is 0. The van der Waals surface area contributed by atoms with E-state index >= 15 is 0 Å². The second-order valence-corrected chi connectivity index (χ2v) is 11.0. The van der Waals surface area contributed by atoms with Gasteiger partial charge in [0.15, 0.2) is 5.65 Å². The summed E-state index contributed by atoms with van der Waals surface area (Å²) in [6, 6.07) is 0.499. The second-order valence-electron chi connectivity index (χ2n) is 11.0. The maximum absolute atomic E-state index is 14.2. The first-order chi connectivity index (χ1) is 22.3. The Morgan fingerprint density at radius 3 is 2.59 bits per heavy atom. The van der Waals surface area contributed by atoms with E-state index in [4.69, 9.17) is 11.2 Å². The SMILES string of the molecule is [2H]C([2H])([2H])n1c(=O)n([C@@H]2CC[C@@]([2H])(NC(=O)OC)C2)c2cc(Nc3cc(C)c4nc(C(F)(F)F)n(C5(C(N)=O)CC(F)C5)c4n3)ncc21. The Bertz CT molecular complexity index is 2040. The Hall–Kier alpha value is -4.70. The van der Waals surface area contributed by atoms with Crippen LogP contribution in [-0.2, 0) is 28.2 Å². The smallest absolute Gasteiger partial charge is 0.449 e. The largest absolute Gasteiger partial charge is 0.453 e. The fourth-order valence-corrected chi connectivity index (χ4v) is 6.05. The van der Waals surface area contributed by atoms with Crippen LogP contribution in [0.2, 0.25) is 0 Å². The number of pyridine rings is 2. The number of halogens is 4. The first-order valence-electron chi connectivity index (χ1n) is 15.5. The number of aromatic nitrogens is 6. The van der Waals surface area contributed by atoms with Crippen LogP contribution in [0.1, 0.15) is 55.0 Å². The van der Waals surface area contributed by atoms with Crippen LogP contribution in [0.3, 0.4) is 0 Å². The van der Waals surface area contributed by atoms with Gasteiger partial charge in [-0.2, -0.15) is 13.2 Å². The molecule has 0 unspecified atom stereocenters. The number of hydrogen-bond donors (Lipinski definition) is 3. The minimum Gasteiger partial charge on any atom is -0.453 e. The van der Waals surface area contributed by atoms with E-state index in [1.807, 2.05) is 0 Å². The molecule has 2 atom stereocenters. The number of nitrogens with two attached hydrogens (primary N) is 1. The Morgan fingerprint density at radius 2 is 1.95 bits per heavy atom. The van der Waals surface area contributed by atoms with Gasteiger partial charge in [-0.1, -0.05) is 0 Å². The summed E-state index contributed by atoms with van der Waals surface area (Å²) in [5.41, 5.74) is 2.25. The average Bonchev–Trinajstić information content (AvgIpc) is 3.61. The quantitative estimate of drug-likeness (QED) is 0.276. The lowest BCUT2D eigenvalue weighted by atomic mass is 9.74. The van der Waals surface area contributed by atoms with E-state index in [1.165, 1.54) is 23.6 Å². The third-order valence-electron chi connectivity index (χ3n) is 8.17. The second kappa shape index (κ2) is 10.2. The molecule has 0 aliphatic heterocycles. The normalized spacial score (nSPS) is 26.9. The van der Waals surface area contributed by atoms with E-state index in [0.29, 0.717) is 9.13 Å². The van der Waals surface area contributed by atoms with E-state index < -0.39 is 73.3 Å². The Labute approximate surface area is 252 Å². The van der Waals surface area contributed by atoms with Crippen molar-refractivity contribution in [1.29, 1.82) is 0 Å². The van der Waals surface area contributed by atoms with Gasteiger partial charge in [0.2, 0.25) is 11.7 Å².